The van der Waals surface area contributed by atoms with Gasteiger partial charge in [0.1, 0.15) is 11.5 Å². The molecule has 6 nitrogen and oxygen atoms in total. The Kier molecular flexibility index (Phi) is 4.67. The average Bonchev–Trinajstić information content (AvgIpc) is 3.20. The molecule has 1 N–H and O–H groups in total. The Morgan fingerprint density at radius 1 is 1.16 bits per heavy atom. The van der Waals surface area contributed by atoms with Crippen LogP contribution < -0.4 is 5.32 Å². The minimum absolute atomic E-state index is 0.294. The lowest BCUT2D eigenvalue weighted by Crippen LogP contribution is -2.12. The standard InChI is InChI=1S/C18H16N2O4S/c1-10-8-14(11(2)24-10)15-9-25-18(19-15)20-16(21)12-4-6-13(7-5-12)17(22)23-3/h4-9H,1-3H3,(H,19,20,21). The highest BCUT2D eigenvalue weighted by atomic mass is 32.1. The molecule has 1 amide bonds. The topological polar surface area (TPSA) is 81.4 Å². The Hall–Kier alpha value is -2.93. The van der Waals surface area contributed by atoms with E-state index in [9.17, 15) is 9.59 Å². The number of aromatic nitrogens is 1. The van der Waals surface area contributed by atoms with Gasteiger partial charge in [-0.2, -0.15) is 0 Å². The molecular formula is C18H16N2O4S. The molecule has 128 valence electrons. The molecule has 7 heteroatoms. The third-order valence-corrected chi connectivity index (χ3v) is 4.37. The van der Waals surface area contributed by atoms with Gasteiger partial charge in [-0.1, -0.05) is 0 Å². The van der Waals surface area contributed by atoms with Crippen LogP contribution in [-0.2, 0) is 4.74 Å². The first kappa shape index (κ1) is 16.9. The van der Waals surface area contributed by atoms with E-state index in [2.05, 4.69) is 15.0 Å². The van der Waals surface area contributed by atoms with Crippen LogP contribution in [-0.4, -0.2) is 24.0 Å². The second-order valence-electron chi connectivity index (χ2n) is 5.39. The summed E-state index contributed by atoms with van der Waals surface area (Å²) in [7, 11) is 1.31. The molecule has 2 heterocycles. The zero-order valence-corrected chi connectivity index (χ0v) is 14.8. The molecule has 2 aromatic heterocycles. The lowest BCUT2D eigenvalue weighted by atomic mass is 10.1. The summed E-state index contributed by atoms with van der Waals surface area (Å²) in [5.41, 5.74) is 2.49. The summed E-state index contributed by atoms with van der Waals surface area (Å²) in [6, 6.07) is 8.15. The van der Waals surface area contributed by atoms with Gasteiger partial charge in [-0.15, -0.1) is 11.3 Å². The predicted molar refractivity (Wildman–Crippen MR) is 95.0 cm³/mol. The molecule has 0 atom stereocenters. The molecule has 3 aromatic rings. The van der Waals surface area contributed by atoms with E-state index in [1.165, 1.54) is 18.4 Å². The number of nitrogens with zero attached hydrogens (tertiary/aromatic N) is 1. The number of thiazole rings is 1. The van der Waals surface area contributed by atoms with Crippen LogP contribution in [0, 0.1) is 13.8 Å². The molecular weight excluding hydrogens is 340 g/mol. The largest absolute Gasteiger partial charge is 0.466 e. The van der Waals surface area contributed by atoms with Crippen molar-refractivity contribution in [1.82, 2.24) is 4.98 Å². The molecule has 3 rings (SSSR count). The van der Waals surface area contributed by atoms with Crippen molar-refractivity contribution in [3.63, 3.8) is 0 Å². The first-order valence-corrected chi connectivity index (χ1v) is 8.38. The second-order valence-corrected chi connectivity index (χ2v) is 6.25. The molecule has 0 aliphatic heterocycles. The smallest absolute Gasteiger partial charge is 0.337 e. The molecule has 0 aliphatic rings. The van der Waals surface area contributed by atoms with Crippen molar-refractivity contribution in [3.05, 3.63) is 58.4 Å². The van der Waals surface area contributed by atoms with Crippen LogP contribution in [0.2, 0.25) is 0 Å². The van der Waals surface area contributed by atoms with Gasteiger partial charge in [-0.3, -0.25) is 10.1 Å². The number of carbonyl (C=O) groups is 2. The molecule has 0 unspecified atom stereocenters. The first-order chi connectivity index (χ1) is 12.0. The fourth-order valence-corrected chi connectivity index (χ4v) is 3.09. The number of aryl methyl sites for hydroxylation is 2. The Bertz CT molecular complexity index is 925. The Balaban J connectivity index is 1.73. The number of benzene rings is 1. The van der Waals surface area contributed by atoms with Crippen molar-refractivity contribution < 1.29 is 18.7 Å². The van der Waals surface area contributed by atoms with E-state index in [1.807, 2.05) is 25.3 Å². The number of carbonyl (C=O) groups excluding carboxylic acids is 2. The molecule has 0 aliphatic carbocycles. The number of nitrogens with one attached hydrogen (secondary N) is 1. The molecule has 0 saturated carbocycles. The van der Waals surface area contributed by atoms with Crippen LogP contribution in [0.25, 0.3) is 11.3 Å². The van der Waals surface area contributed by atoms with Crippen molar-refractivity contribution >= 4 is 28.3 Å². The Morgan fingerprint density at radius 3 is 2.44 bits per heavy atom. The highest BCUT2D eigenvalue weighted by Crippen LogP contribution is 2.29. The van der Waals surface area contributed by atoms with Crippen LogP contribution in [0.15, 0.2) is 40.1 Å². The van der Waals surface area contributed by atoms with Gasteiger partial charge in [0.15, 0.2) is 5.13 Å². The maximum Gasteiger partial charge on any atom is 0.337 e. The highest BCUT2D eigenvalue weighted by Gasteiger charge is 2.14. The number of furan rings is 1. The van der Waals surface area contributed by atoms with E-state index < -0.39 is 5.97 Å². The number of hydrogen-bond acceptors (Lipinski definition) is 6. The summed E-state index contributed by atoms with van der Waals surface area (Å²) in [4.78, 5) is 28.1. The summed E-state index contributed by atoms with van der Waals surface area (Å²) >= 11 is 1.34. The van der Waals surface area contributed by atoms with E-state index in [0.29, 0.717) is 16.3 Å². The third-order valence-electron chi connectivity index (χ3n) is 3.61. The summed E-state index contributed by atoms with van der Waals surface area (Å²) in [6.45, 7) is 3.76. The molecule has 1 aromatic carbocycles. The van der Waals surface area contributed by atoms with E-state index in [0.717, 1.165) is 22.8 Å². The average molecular weight is 356 g/mol. The quantitative estimate of drug-likeness (QED) is 0.713. The summed E-state index contributed by atoms with van der Waals surface area (Å²) in [5, 5.41) is 5.12. The lowest BCUT2D eigenvalue weighted by molar-refractivity contribution is 0.0600. The van der Waals surface area contributed by atoms with Crippen LogP contribution in [0.3, 0.4) is 0 Å². The van der Waals surface area contributed by atoms with Crippen LogP contribution in [0.4, 0.5) is 5.13 Å². The minimum Gasteiger partial charge on any atom is -0.466 e. The van der Waals surface area contributed by atoms with Crippen molar-refractivity contribution in [2.75, 3.05) is 12.4 Å². The zero-order valence-electron chi connectivity index (χ0n) is 14.0. The Labute approximate surface area is 148 Å². The van der Waals surface area contributed by atoms with E-state index >= 15 is 0 Å². The van der Waals surface area contributed by atoms with Gasteiger partial charge in [0.2, 0.25) is 0 Å². The van der Waals surface area contributed by atoms with Gasteiger partial charge in [-0.05, 0) is 44.2 Å². The van der Waals surface area contributed by atoms with Crippen LogP contribution in [0.1, 0.15) is 32.2 Å². The lowest BCUT2D eigenvalue weighted by Gasteiger charge is -2.03. The first-order valence-electron chi connectivity index (χ1n) is 7.50. The third kappa shape index (κ3) is 3.61. The van der Waals surface area contributed by atoms with Gasteiger partial charge in [0.25, 0.3) is 5.91 Å². The number of methoxy groups -OCH3 is 1. The number of anilines is 1. The maximum atomic E-state index is 12.3. The minimum atomic E-state index is -0.442. The van der Waals surface area contributed by atoms with Crippen LogP contribution >= 0.6 is 11.3 Å². The van der Waals surface area contributed by atoms with Gasteiger partial charge in [0.05, 0.1) is 18.4 Å². The number of amides is 1. The molecule has 0 saturated heterocycles. The fraction of sp³-hybridized carbons (Fsp3) is 0.167. The SMILES string of the molecule is COC(=O)c1ccc(C(=O)Nc2nc(-c3cc(C)oc3C)cs2)cc1. The number of esters is 1. The fourth-order valence-electron chi connectivity index (χ4n) is 2.38. The molecule has 0 fully saturated rings. The highest BCUT2D eigenvalue weighted by molar-refractivity contribution is 7.14. The summed E-state index contributed by atoms with van der Waals surface area (Å²) < 4.78 is 10.1. The van der Waals surface area contributed by atoms with Gasteiger partial charge < -0.3 is 9.15 Å². The van der Waals surface area contributed by atoms with Crippen molar-refractivity contribution in [1.29, 1.82) is 0 Å². The van der Waals surface area contributed by atoms with E-state index in [4.69, 9.17) is 4.42 Å². The van der Waals surface area contributed by atoms with Gasteiger partial charge >= 0.3 is 5.97 Å². The predicted octanol–water partition coefficient (Wildman–Crippen LogP) is 4.06. The number of ether oxygens (including phenoxy) is 1. The van der Waals surface area contributed by atoms with Gasteiger partial charge in [0, 0.05) is 16.5 Å². The number of hydrogen-bond donors (Lipinski definition) is 1. The maximum absolute atomic E-state index is 12.3. The zero-order chi connectivity index (χ0) is 18.0. The molecule has 0 spiro atoms. The summed E-state index contributed by atoms with van der Waals surface area (Å²) in [6.07, 6.45) is 0. The summed E-state index contributed by atoms with van der Waals surface area (Å²) in [5.74, 6) is 0.871. The van der Waals surface area contributed by atoms with E-state index in [1.54, 1.807) is 24.3 Å². The van der Waals surface area contributed by atoms with Crippen molar-refractivity contribution in [2.24, 2.45) is 0 Å². The van der Waals surface area contributed by atoms with Crippen molar-refractivity contribution in [3.8, 4) is 11.3 Å². The number of rotatable bonds is 4. The molecule has 25 heavy (non-hydrogen) atoms. The Morgan fingerprint density at radius 2 is 1.84 bits per heavy atom. The van der Waals surface area contributed by atoms with E-state index in [-0.39, 0.29) is 5.91 Å². The monoisotopic (exact) mass is 356 g/mol. The van der Waals surface area contributed by atoms with Gasteiger partial charge in [-0.25, -0.2) is 9.78 Å². The molecule has 0 bridgehead atoms. The normalized spacial score (nSPS) is 10.5. The second kappa shape index (κ2) is 6.90. The van der Waals surface area contributed by atoms with Crippen LogP contribution in [0.5, 0.6) is 0 Å². The van der Waals surface area contributed by atoms with Crippen molar-refractivity contribution in [2.45, 2.75) is 13.8 Å². The molecule has 0 radical (unpaired) electrons.